The smallest absolute Gasteiger partial charge is 0.246 e. The Labute approximate surface area is 745 Å². The highest BCUT2D eigenvalue weighted by atomic mass is 32.2. The first-order valence-corrected chi connectivity index (χ1v) is 44.6. The second-order valence-electron chi connectivity index (χ2n) is 33.4. The molecule has 4 aromatic carbocycles. The number of likely N-dealkylation sites (tertiary alicyclic amines) is 1. The maximum Gasteiger partial charge on any atom is 0.246 e. The fraction of sp³-hybridized carbons (Fsp3) is 0.528. The number of H-pyrrole nitrogens is 1. The number of hydrogen-bond acceptors (Lipinski definition) is 20. The minimum absolute atomic E-state index is 0.00122. The van der Waals surface area contributed by atoms with Crippen LogP contribution in [0.5, 0.6) is 0 Å². The van der Waals surface area contributed by atoms with E-state index in [1.165, 1.54) is 16.7 Å². The zero-order valence-electron chi connectivity index (χ0n) is 73.9. The molecule has 37 nitrogen and oxygen atoms in total. The van der Waals surface area contributed by atoms with Crippen LogP contribution in [0.25, 0.3) is 10.9 Å². The molecule has 0 unspecified atom stereocenters. The summed E-state index contributed by atoms with van der Waals surface area (Å²) in [6.45, 7) is 12.8. The third-order valence-corrected chi connectivity index (χ3v) is 22.9. The third kappa shape index (κ3) is 34.3. The number of guanidine groups is 1. The summed E-state index contributed by atoms with van der Waals surface area (Å²) in [5.41, 5.74) is 32.1. The third-order valence-electron chi connectivity index (χ3n) is 21.9. The Morgan fingerprint density at radius 2 is 0.969 bits per heavy atom. The van der Waals surface area contributed by atoms with Gasteiger partial charge < -0.3 is 113 Å². The summed E-state index contributed by atoms with van der Waals surface area (Å²) in [6.07, 6.45) is 3.51. The normalized spacial score (nSPS) is 16.2. The van der Waals surface area contributed by atoms with Crippen LogP contribution in [0.3, 0.4) is 0 Å². The molecule has 6 rings (SSSR count). The van der Waals surface area contributed by atoms with E-state index in [9.17, 15) is 62.6 Å². The van der Waals surface area contributed by atoms with Gasteiger partial charge in [0, 0.05) is 61.1 Å². The van der Waals surface area contributed by atoms with Gasteiger partial charge in [-0.25, -0.2) is 0 Å². The molecule has 127 heavy (non-hydrogen) atoms. The number of carbonyl (C=O) groups excluding carboxylic acids is 15. The molecular weight excluding hydrogens is 1650 g/mol. The Morgan fingerprint density at radius 1 is 0.504 bits per heavy atom. The highest BCUT2D eigenvalue weighted by molar-refractivity contribution is 7.99. The summed E-state index contributed by atoms with van der Waals surface area (Å²) in [5, 5.41) is 53.9. The number of primary amides is 2. The minimum Gasteiger partial charge on any atom is -0.394 e. The van der Waals surface area contributed by atoms with Gasteiger partial charge in [-0.05, 0) is 129 Å². The number of rotatable bonds is 54. The second kappa shape index (κ2) is 52.8. The van der Waals surface area contributed by atoms with E-state index in [4.69, 9.17) is 34.1 Å². The van der Waals surface area contributed by atoms with Crippen molar-refractivity contribution in [2.45, 2.75) is 235 Å². The average molecular weight is 1780 g/mol. The maximum atomic E-state index is 15.3. The molecule has 38 heteroatoms. The van der Waals surface area contributed by atoms with E-state index in [1.807, 2.05) is 50.4 Å². The van der Waals surface area contributed by atoms with Crippen LogP contribution in [-0.4, -0.2) is 232 Å². The monoisotopic (exact) mass is 1780 g/mol. The predicted octanol–water partition coefficient (Wildman–Crippen LogP) is -0.523. The highest BCUT2D eigenvalue weighted by Crippen LogP contribution is 2.29. The molecule has 1 aromatic heterocycles. The second-order valence-corrected chi connectivity index (χ2v) is 34.5. The van der Waals surface area contributed by atoms with E-state index in [0.29, 0.717) is 40.4 Å². The van der Waals surface area contributed by atoms with Crippen molar-refractivity contribution in [2.75, 3.05) is 39.0 Å². The lowest BCUT2D eigenvalue weighted by atomic mass is 9.96. The Bertz CT molecular complexity index is 4510. The summed E-state index contributed by atoms with van der Waals surface area (Å²) in [6, 6.07) is 15.3. The first-order valence-electron chi connectivity index (χ1n) is 43.3. The van der Waals surface area contributed by atoms with Gasteiger partial charge in [-0.1, -0.05) is 171 Å². The number of para-hydroxylation sites is 1. The summed E-state index contributed by atoms with van der Waals surface area (Å²) >= 11 is 1.40. The van der Waals surface area contributed by atoms with Gasteiger partial charge in [0.05, 0.1) is 19.2 Å². The molecule has 0 aliphatic carbocycles. The molecular formula is C89H131N21O16S. The van der Waals surface area contributed by atoms with Crippen molar-refractivity contribution in [3.8, 4) is 0 Å². The summed E-state index contributed by atoms with van der Waals surface area (Å²) < 4.78 is 0. The van der Waals surface area contributed by atoms with Crippen LogP contribution in [0.1, 0.15) is 148 Å². The van der Waals surface area contributed by atoms with Gasteiger partial charge in [-0.2, -0.15) is 11.8 Å². The number of aromatic nitrogens is 1. The predicted molar refractivity (Wildman–Crippen MR) is 482 cm³/mol. The Morgan fingerprint density at radius 3 is 1.49 bits per heavy atom. The number of unbranched alkanes of at least 4 members (excludes halogenated alkanes) is 1. The first kappa shape index (κ1) is 104. The van der Waals surface area contributed by atoms with Crippen molar-refractivity contribution in [3.63, 3.8) is 0 Å². The number of nitrogens with zero attached hydrogens (tertiary/aromatic N) is 1. The first-order chi connectivity index (χ1) is 60.4. The Hall–Kier alpha value is -12.0. The zero-order chi connectivity index (χ0) is 93.6. The lowest BCUT2D eigenvalue weighted by Crippen LogP contribution is -2.61. The largest absolute Gasteiger partial charge is 0.394 e. The van der Waals surface area contributed by atoms with Gasteiger partial charge in [-0.3, -0.25) is 77.3 Å². The van der Waals surface area contributed by atoms with Crippen LogP contribution in [0.2, 0.25) is 0 Å². The van der Waals surface area contributed by atoms with Gasteiger partial charge >= 0.3 is 0 Å². The average Bonchev–Trinajstić information content (AvgIpc) is 1.68. The molecule has 694 valence electrons. The van der Waals surface area contributed by atoms with Gasteiger partial charge in [-0.15, -0.1) is 0 Å². The Balaban J connectivity index is 1.23. The van der Waals surface area contributed by atoms with Crippen molar-refractivity contribution in [3.05, 3.63) is 144 Å². The molecule has 0 radical (unpaired) electrons. The SMILES string of the molecule is CC[C@H](C)[C@H](NC(=O)[C@H](CCCNC(=N)N)NC(=O)CNC(=O)[C@H](CC(C)C)NC(=O)[C@H](Cc1ccccc1)NC(=O)[C@H](CCCCN)NC(=O)[C@H](CO)NC(=O)[C@H](Cc1ccccc1)NC(=O)[C@H](Cc1c[nH]c2ccccc12)NC(=O)[C@H](CCC(N)=O)NC(=O)[C@@H]1C[C@H](SC)CN1C(=O)[C@@H](NC(=O)[C@@H](N)Cc1ccccc1)C(C)C)C(=O)N[C@@H](CC(C)C)C(N)=O. The lowest BCUT2D eigenvalue weighted by Gasteiger charge is -2.32. The molecule has 0 spiro atoms. The molecule has 1 saturated heterocycles. The maximum absolute atomic E-state index is 15.3. The van der Waals surface area contributed by atoms with E-state index in [1.54, 1.807) is 133 Å². The van der Waals surface area contributed by atoms with Gasteiger partial charge in [0.1, 0.15) is 72.5 Å². The van der Waals surface area contributed by atoms with E-state index < -0.39 is 199 Å². The zero-order valence-corrected chi connectivity index (χ0v) is 74.7. The van der Waals surface area contributed by atoms with Crippen molar-refractivity contribution in [1.29, 1.82) is 5.41 Å². The molecule has 2 heterocycles. The van der Waals surface area contributed by atoms with Crippen LogP contribution in [0.15, 0.2) is 121 Å². The quantitative estimate of drug-likeness (QED) is 0.0132. The fourth-order valence-electron chi connectivity index (χ4n) is 14.6. The van der Waals surface area contributed by atoms with Crippen LogP contribution >= 0.6 is 11.8 Å². The molecule has 5 aromatic rings. The molecule has 15 amide bonds. The molecule has 26 N–H and O–H groups in total. The van der Waals surface area contributed by atoms with Gasteiger partial charge in [0.15, 0.2) is 5.96 Å². The van der Waals surface area contributed by atoms with Crippen LogP contribution in [-0.2, 0) is 97.6 Å². The van der Waals surface area contributed by atoms with Crippen molar-refractivity contribution in [1.82, 2.24) is 79.0 Å². The van der Waals surface area contributed by atoms with Crippen LogP contribution in [0, 0.1) is 29.1 Å². The lowest BCUT2D eigenvalue weighted by molar-refractivity contribution is -0.143. The molecule has 0 bridgehead atoms. The number of amides is 15. The van der Waals surface area contributed by atoms with E-state index in [-0.39, 0.29) is 120 Å². The molecule has 15 atom stereocenters. The minimum atomic E-state index is -1.84. The molecule has 1 aliphatic rings. The highest BCUT2D eigenvalue weighted by Gasteiger charge is 2.45. The number of nitrogens with one attached hydrogen (secondary N) is 15. The number of fused-ring (bicyclic) bond motifs is 1. The number of carbonyl (C=O) groups is 15. The van der Waals surface area contributed by atoms with Crippen LogP contribution in [0.4, 0.5) is 0 Å². The molecule has 1 fully saturated rings. The number of aliphatic hydroxyl groups excluding tert-OH is 1. The molecule has 1 aliphatic heterocycles. The summed E-state index contributed by atoms with van der Waals surface area (Å²) in [5.74, 6) is -14.1. The van der Waals surface area contributed by atoms with Crippen molar-refractivity contribution in [2.24, 2.45) is 52.3 Å². The van der Waals surface area contributed by atoms with E-state index in [0.717, 1.165) is 5.56 Å². The number of aliphatic hydroxyl groups is 1. The molecule has 0 saturated carbocycles. The summed E-state index contributed by atoms with van der Waals surface area (Å²) in [7, 11) is 0. The van der Waals surface area contributed by atoms with Crippen LogP contribution < -0.4 is 97.8 Å². The number of benzene rings is 4. The van der Waals surface area contributed by atoms with Gasteiger partial charge in [0.25, 0.3) is 0 Å². The van der Waals surface area contributed by atoms with E-state index in [2.05, 4.69) is 74.1 Å². The van der Waals surface area contributed by atoms with Crippen molar-refractivity contribution >= 4 is 117 Å². The van der Waals surface area contributed by atoms with Gasteiger partial charge in [0.2, 0.25) is 88.6 Å². The summed E-state index contributed by atoms with van der Waals surface area (Å²) in [4.78, 5) is 219. The number of thioether (sulfide) groups is 1. The van der Waals surface area contributed by atoms with Crippen molar-refractivity contribution < 1.29 is 77.0 Å². The Kier molecular flexibility index (Phi) is 43.1. The number of hydrogen-bond donors (Lipinski definition) is 21. The number of nitrogens with two attached hydrogens (primary N) is 5. The number of aromatic amines is 1. The fourth-order valence-corrected chi connectivity index (χ4v) is 15.3. The standard InChI is InChI=1S/C89H131N21O16S/c1-10-53(8)75(87(125)102-65(76(93)114)39-50(2)3)109-81(119)62(34-24-38-96-89(94)95)99-73(113)47-98-78(116)66(40-51(4)5)103-82(120)67(42-55-27-16-12-17-28-55)104-79(117)63(33-22-23-37-90)100-85(123)70(49-111)107-83(121)68(43-56-29-18-13-19-30-56)105-84(122)69(44-57-46-97-61-32-21-20-31-59(57)61)106-80(118)64(35-36-72(92)112)101-86(124)71-45-58(127-9)48-110(71)88(126)74(52(6)7)108-77(115)60(91)41-54-25-14-11-15-26-54/h11-21,25-32,46,50-53,58,60,62-71,74-75,97,111H,10,22-24,33-45,47-49,90-91H2,1-9H3,(H2,92,112)(H2,93,114)(H,98,116)(H,99,113)(H,100,123)(H,101,124)(H,102,125)(H,103,120)(H,104,117)(H,105,122)(H,106,118)(H,107,121)(H,108,115)(H,109,119)(H4,94,95,96)/t53-,58-,60-,62-,63-,64-,65-,66-,67-,68-,69-,70-,71-,74-,75-/m0/s1. The topological polar surface area (TPSA) is 606 Å². The van der Waals surface area contributed by atoms with E-state index >= 15 is 14.4 Å².